The predicted molar refractivity (Wildman–Crippen MR) is 127 cm³/mol. The summed E-state index contributed by atoms with van der Waals surface area (Å²) in [5, 5.41) is 4.10. The Hall–Kier alpha value is -1.82. The monoisotopic (exact) mass is 519 g/mol. The lowest BCUT2D eigenvalue weighted by molar-refractivity contribution is 0.0114. The molecular formula is C21H26BrN7O2S. The predicted octanol–water partition coefficient (Wildman–Crippen LogP) is 3.05. The molecule has 3 saturated heterocycles. The van der Waals surface area contributed by atoms with Crippen LogP contribution >= 0.6 is 27.3 Å². The summed E-state index contributed by atoms with van der Waals surface area (Å²) in [5.41, 5.74) is 1.01. The number of anilines is 2. The Labute approximate surface area is 198 Å². The molecule has 6 heterocycles. The number of hydrogen-bond acceptors (Lipinski definition) is 10. The summed E-state index contributed by atoms with van der Waals surface area (Å²) < 4.78 is 12.9. The summed E-state index contributed by atoms with van der Waals surface area (Å²) in [7, 11) is 0. The van der Waals surface area contributed by atoms with Crippen LogP contribution in [0.2, 0.25) is 0 Å². The van der Waals surface area contributed by atoms with E-state index in [2.05, 4.69) is 46.8 Å². The quantitative estimate of drug-likeness (QED) is 0.516. The van der Waals surface area contributed by atoms with Crippen LogP contribution in [0.3, 0.4) is 0 Å². The lowest BCUT2D eigenvalue weighted by Gasteiger charge is -2.41. The van der Waals surface area contributed by atoms with Gasteiger partial charge in [-0.15, -0.1) is 11.3 Å². The number of ether oxygens (including phenoxy) is 1. The van der Waals surface area contributed by atoms with Gasteiger partial charge in [0.25, 0.3) is 0 Å². The highest BCUT2D eigenvalue weighted by Crippen LogP contribution is 2.40. The fraction of sp³-hybridized carbons (Fsp3) is 0.619. The molecule has 3 fully saturated rings. The average Bonchev–Trinajstić information content (AvgIpc) is 3.38. The van der Waals surface area contributed by atoms with E-state index in [-0.39, 0.29) is 5.92 Å². The van der Waals surface area contributed by atoms with Crippen LogP contribution in [-0.4, -0.2) is 83.5 Å². The van der Waals surface area contributed by atoms with Gasteiger partial charge in [0.2, 0.25) is 11.8 Å². The molecule has 0 atom stereocenters. The number of hydrogen-bond donors (Lipinski definition) is 0. The van der Waals surface area contributed by atoms with Crippen LogP contribution in [0, 0.1) is 6.92 Å². The minimum Gasteiger partial charge on any atom is -0.379 e. The Kier molecular flexibility index (Phi) is 5.52. The van der Waals surface area contributed by atoms with Crippen LogP contribution in [0.15, 0.2) is 14.4 Å². The lowest BCUT2D eigenvalue weighted by atomic mass is 9.99. The third-order valence-electron chi connectivity index (χ3n) is 6.71. The van der Waals surface area contributed by atoms with Crippen LogP contribution in [0.25, 0.3) is 10.2 Å². The molecule has 3 aliphatic heterocycles. The number of piperidine rings is 1. The Morgan fingerprint density at radius 3 is 2.53 bits per heavy atom. The van der Waals surface area contributed by atoms with Gasteiger partial charge >= 0.3 is 0 Å². The smallest absolute Gasteiger partial charge is 0.227 e. The number of rotatable bonds is 4. The van der Waals surface area contributed by atoms with Gasteiger partial charge in [-0.2, -0.15) is 9.97 Å². The second-order valence-corrected chi connectivity index (χ2v) is 11.2. The first-order valence-corrected chi connectivity index (χ1v) is 12.8. The first-order chi connectivity index (χ1) is 15.6. The first-order valence-electron chi connectivity index (χ1n) is 11.2. The average molecular weight is 520 g/mol. The van der Waals surface area contributed by atoms with Gasteiger partial charge < -0.3 is 19.1 Å². The molecule has 6 rings (SSSR count). The Balaban J connectivity index is 1.20. The number of aryl methyl sites for hydroxylation is 1. The lowest BCUT2D eigenvalue weighted by Crippen LogP contribution is -2.49. The largest absolute Gasteiger partial charge is 0.379 e. The highest BCUT2D eigenvalue weighted by molar-refractivity contribution is 9.11. The van der Waals surface area contributed by atoms with Crippen molar-refractivity contribution >= 4 is 49.2 Å². The van der Waals surface area contributed by atoms with Crippen LogP contribution in [0.5, 0.6) is 0 Å². The summed E-state index contributed by atoms with van der Waals surface area (Å²) in [5.74, 6) is 3.56. The van der Waals surface area contributed by atoms with Crippen molar-refractivity contribution in [2.45, 2.75) is 31.7 Å². The number of nitrogens with zero attached hydrogens (tertiary/aromatic N) is 7. The molecule has 32 heavy (non-hydrogen) atoms. The first kappa shape index (κ1) is 20.8. The summed E-state index contributed by atoms with van der Waals surface area (Å²) in [6.45, 7) is 9.32. The minimum atomic E-state index is 0.286. The molecule has 170 valence electrons. The molecule has 0 spiro atoms. The van der Waals surface area contributed by atoms with Crippen molar-refractivity contribution in [2.24, 2.45) is 0 Å². The molecule has 0 saturated carbocycles. The fourth-order valence-electron chi connectivity index (χ4n) is 4.90. The summed E-state index contributed by atoms with van der Waals surface area (Å²) in [6.07, 6.45) is 2.29. The molecule has 3 aliphatic rings. The normalized spacial score (nSPS) is 21.4. The number of halogens is 1. The molecule has 0 aliphatic carbocycles. The van der Waals surface area contributed by atoms with Gasteiger partial charge in [-0.25, -0.2) is 4.98 Å². The zero-order valence-corrected chi connectivity index (χ0v) is 20.4. The van der Waals surface area contributed by atoms with Crippen LogP contribution in [0.4, 0.5) is 11.8 Å². The Morgan fingerprint density at radius 2 is 1.81 bits per heavy atom. The maximum Gasteiger partial charge on any atom is 0.227 e. The van der Waals surface area contributed by atoms with Gasteiger partial charge in [-0.3, -0.25) is 4.90 Å². The van der Waals surface area contributed by atoms with Crippen LogP contribution in [-0.2, 0) is 4.74 Å². The highest BCUT2D eigenvalue weighted by Gasteiger charge is 2.35. The summed E-state index contributed by atoms with van der Waals surface area (Å²) in [6, 6.07) is 2.75. The van der Waals surface area contributed by atoms with Crippen molar-refractivity contribution in [2.75, 3.05) is 62.3 Å². The molecule has 0 radical (unpaired) electrons. The van der Waals surface area contributed by atoms with Crippen molar-refractivity contribution in [1.82, 2.24) is 25.0 Å². The SMILES string of the molecule is Cc1nc(C2CN(c3nc(N4CCC(N5CCOCC5)CC4)nc4cc(Br)sc34)C2)no1. The number of aromatic nitrogens is 4. The van der Waals surface area contributed by atoms with Gasteiger partial charge in [-0.05, 0) is 34.8 Å². The van der Waals surface area contributed by atoms with Gasteiger partial charge in [0.05, 0.1) is 33.1 Å². The maximum atomic E-state index is 5.52. The minimum absolute atomic E-state index is 0.286. The van der Waals surface area contributed by atoms with E-state index in [1.807, 2.05) is 6.92 Å². The molecule has 3 aromatic rings. The van der Waals surface area contributed by atoms with Crippen molar-refractivity contribution in [3.8, 4) is 0 Å². The van der Waals surface area contributed by atoms with Crippen molar-refractivity contribution in [3.63, 3.8) is 0 Å². The van der Waals surface area contributed by atoms with E-state index in [4.69, 9.17) is 19.2 Å². The second-order valence-electron chi connectivity index (χ2n) is 8.75. The second kappa shape index (κ2) is 8.51. The zero-order valence-electron chi connectivity index (χ0n) is 18.0. The molecule has 0 amide bonds. The topological polar surface area (TPSA) is 83.7 Å². The van der Waals surface area contributed by atoms with Crippen molar-refractivity contribution in [1.29, 1.82) is 0 Å². The molecule has 11 heteroatoms. The molecule has 0 N–H and O–H groups in total. The molecule has 0 aromatic carbocycles. The van der Waals surface area contributed by atoms with Crippen molar-refractivity contribution < 1.29 is 9.26 Å². The van der Waals surface area contributed by atoms with E-state index in [1.54, 1.807) is 11.3 Å². The van der Waals surface area contributed by atoms with Crippen LogP contribution < -0.4 is 9.80 Å². The molecule has 3 aromatic heterocycles. The number of fused-ring (bicyclic) bond motifs is 1. The van der Waals surface area contributed by atoms with E-state index in [9.17, 15) is 0 Å². The standard InChI is InChI=1S/C21H26BrN7O2S/c1-13-23-19(26-31-13)14-11-29(12-14)20-18-16(10-17(22)32-18)24-21(25-20)28-4-2-15(3-5-28)27-6-8-30-9-7-27/h10,14-15H,2-9,11-12H2,1H3. The summed E-state index contributed by atoms with van der Waals surface area (Å²) in [4.78, 5) is 21.7. The van der Waals surface area contributed by atoms with E-state index < -0.39 is 0 Å². The van der Waals surface area contributed by atoms with E-state index in [0.717, 1.165) is 96.9 Å². The number of thiophene rings is 1. The highest BCUT2D eigenvalue weighted by atomic mass is 79.9. The van der Waals surface area contributed by atoms with Gasteiger partial charge in [0, 0.05) is 52.2 Å². The zero-order chi connectivity index (χ0) is 21.7. The molecule has 9 nitrogen and oxygen atoms in total. The van der Waals surface area contributed by atoms with Crippen LogP contribution in [0.1, 0.15) is 30.5 Å². The Morgan fingerprint density at radius 1 is 1.03 bits per heavy atom. The maximum absolute atomic E-state index is 5.52. The number of morpholine rings is 1. The molecular weight excluding hydrogens is 494 g/mol. The fourth-order valence-corrected chi connectivity index (χ4v) is 6.44. The van der Waals surface area contributed by atoms with Gasteiger partial charge in [0.1, 0.15) is 0 Å². The Bertz CT molecular complexity index is 1100. The van der Waals surface area contributed by atoms with E-state index in [0.29, 0.717) is 11.9 Å². The summed E-state index contributed by atoms with van der Waals surface area (Å²) >= 11 is 5.34. The van der Waals surface area contributed by atoms with Gasteiger partial charge in [0.15, 0.2) is 11.6 Å². The van der Waals surface area contributed by atoms with Gasteiger partial charge in [-0.1, -0.05) is 5.16 Å². The van der Waals surface area contributed by atoms with E-state index >= 15 is 0 Å². The third-order valence-corrected chi connectivity index (χ3v) is 8.33. The molecule has 0 bridgehead atoms. The molecule has 0 unspecified atom stereocenters. The van der Waals surface area contributed by atoms with Crippen molar-refractivity contribution in [3.05, 3.63) is 21.6 Å². The third kappa shape index (κ3) is 3.89. The van der Waals surface area contributed by atoms with E-state index in [1.165, 1.54) is 0 Å².